The van der Waals surface area contributed by atoms with Crippen molar-refractivity contribution in [3.05, 3.63) is 42.2 Å². The zero-order chi connectivity index (χ0) is 9.10. The van der Waals surface area contributed by atoms with Gasteiger partial charge >= 0.3 is 0 Å². The Balaban J connectivity index is 2.60. The highest BCUT2D eigenvalue weighted by molar-refractivity contribution is 5.88. The van der Waals surface area contributed by atoms with Crippen molar-refractivity contribution in [1.82, 2.24) is 0 Å². The average molecular weight is 172 g/mol. The molecule has 0 fully saturated rings. The number of allylic oxidation sites excluding steroid dienone is 1. The van der Waals surface area contributed by atoms with Gasteiger partial charge in [0.15, 0.2) is 0 Å². The Morgan fingerprint density at radius 3 is 3.00 bits per heavy atom. The molecule has 0 aliphatic rings. The van der Waals surface area contributed by atoms with E-state index in [9.17, 15) is 4.79 Å². The lowest BCUT2D eigenvalue weighted by Gasteiger charge is -1.92. The summed E-state index contributed by atoms with van der Waals surface area (Å²) < 4.78 is 5.28. The van der Waals surface area contributed by atoms with Crippen molar-refractivity contribution in [2.24, 2.45) is 0 Å². The second kappa shape index (κ2) is 3.27. The molecule has 2 rings (SSSR count). The summed E-state index contributed by atoms with van der Waals surface area (Å²) in [5.41, 5.74) is 1.75. The molecule has 2 aromatic rings. The topological polar surface area (TPSA) is 30.2 Å². The molecule has 1 aromatic heterocycles. The summed E-state index contributed by atoms with van der Waals surface area (Å²) in [5, 5.41) is 1.05. The first kappa shape index (κ1) is 7.80. The predicted octanol–water partition coefficient (Wildman–Crippen LogP) is 2.64. The Morgan fingerprint density at radius 1 is 1.23 bits per heavy atom. The number of carbonyl (C=O) groups excluding carboxylic acids is 1. The number of carbonyl (C=O) groups is 1. The molecule has 1 heterocycles. The SMILES string of the molecule is O=CC=Cc1cccc2ccoc12. The van der Waals surface area contributed by atoms with Gasteiger partial charge in [-0.2, -0.15) is 0 Å². The third kappa shape index (κ3) is 1.38. The second-order valence-electron chi connectivity index (χ2n) is 2.68. The normalized spacial score (nSPS) is 11.1. The van der Waals surface area contributed by atoms with E-state index in [4.69, 9.17) is 4.42 Å². The summed E-state index contributed by atoms with van der Waals surface area (Å²) in [6.45, 7) is 0. The van der Waals surface area contributed by atoms with Crippen molar-refractivity contribution >= 4 is 23.3 Å². The van der Waals surface area contributed by atoms with E-state index in [0.717, 1.165) is 22.8 Å². The van der Waals surface area contributed by atoms with Gasteiger partial charge < -0.3 is 4.42 Å². The molecule has 2 nitrogen and oxygen atoms in total. The molecule has 0 N–H and O–H groups in total. The van der Waals surface area contributed by atoms with Gasteiger partial charge in [-0.3, -0.25) is 4.79 Å². The highest BCUT2D eigenvalue weighted by Crippen LogP contribution is 2.20. The van der Waals surface area contributed by atoms with E-state index in [0.29, 0.717) is 0 Å². The maximum absolute atomic E-state index is 10.1. The molecule has 0 bridgehead atoms. The molecule has 0 spiro atoms. The van der Waals surface area contributed by atoms with E-state index in [1.807, 2.05) is 24.3 Å². The molecule has 0 atom stereocenters. The van der Waals surface area contributed by atoms with E-state index in [2.05, 4.69) is 0 Å². The van der Waals surface area contributed by atoms with Crippen LogP contribution in [0.4, 0.5) is 0 Å². The molecule has 0 saturated carbocycles. The summed E-state index contributed by atoms with van der Waals surface area (Å²) in [4.78, 5) is 10.1. The fraction of sp³-hybridized carbons (Fsp3) is 0. The van der Waals surface area contributed by atoms with Crippen LogP contribution in [0.15, 0.2) is 41.0 Å². The standard InChI is InChI=1S/C11H8O2/c12-7-2-5-9-3-1-4-10-6-8-13-11(9)10/h1-8H. The van der Waals surface area contributed by atoms with Gasteiger partial charge in [0.05, 0.1) is 6.26 Å². The smallest absolute Gasteiger partial charge is 0.142 e. The van der Waals surface area contributed by atoms with Crippen LogP contribution in [0, 0.1) is 0 Å². The molecule has 1 aromatic carbocycles. The van der Waals surface area contributed by atoms with Crippen LogP contribution in [-0.4, -0.2) is 6.29 Å². The molecule has 0 amide bonds. The van der Waals surface area contributed by atoms with Gasteiger partial charge in [0.2, 0.25) is 0 Å². The highest BCUT2D eigenvalue weighted by Gasteiger charge is 1.99. The summed E-state index contributed by atoms with van der Waals surface area (Å²) >= 11 is 0. The van der Waals surface area contributed by atoms with E-state index in [-0.39, 0.29) is 0 Å². The number of hydrogen-bond donors (Lipinski definition) is 0. The Kier molecular flexibility index (Phi) is 1.96. The molecular weight excluding hydrogens is 164 g/mol. The van der Waals surface area contributed by atoms with Crippen LogP contribution in [0.1, 0.15) is 5.56 Å². The quantitative estimate of drug-likeness (QED) is 0.515. The van der Waals surface area contributed by atoms with Crippen molar-refractivity contribution in [2.45, 2.75) is 0 Å². The van der Waals surface area contributed by atoms with Crippen LogP contribution in [0.25, 0.3) is 17.0 Å². The van der Waals surface area contributed by atoms with Crippen molar-refractivity contribution in [3.8, 4) is 0 Å². The predicted molar refractivity (Wildman–Crippen MR) is 51.3 cm³/mol. The number of rotatable bonds is 2. The highest BCUT2D eigenvalue weighted by atomic mass is 16.3. The minimum absolute atomic E-state index is 0.752. The number of furan rings is 1. The largest absolute Gasteiger partial charge is 0.464 e. The molecule has 2 heteroatoms. The Morgan fingerprint density at radius 2 is 2.15 bits per heavy atom. The van der Waals surface area contributed by atoms with Crippen LogP contribution >= 0.6 is 0 Å². The number of fused-ring (bicyclic) bond motifs is 1. The van der Waals surface area contributed by atoms with Crippen LogP contribution in [0.3, 0.4) is 0 Å². The molecule has 0 aliphatic carbocycles. The first-order valence-electron chi connectivity index (χ1n) is 4.00. The molecular formula is C11H8O2. The lowest BCUT2D eigenvalue weighted by atomic mass is 10.1. The molecule has 0 saturated heterocycles. The van der Waals surface area contributed by atoms with Gasteiger partial charge in [-0.05, 0) is 18.2 Å². The monoisotopic (exact) mass is 172 g/mol. The van der Waals surface area contributed by atoms with Gasteiger partial charge in [-0.25, -0.2) is 0 Å². The van der Waals surface area contributed by atoms with Gasteiger partial charge in [0.1, 0.15) is 11.9 Å². The summed E-state index contributed by atoms with van der Waals surface area (Å²) in [6.07, 6.45) is 5.58. The lowest BCUT2D eigenvalue weighted by Crippen LogP contribution is -1.72. The molecule has 13 heavy (non-hydrogen) atoms. The minimum Gasteiger partial charge on any atom is -0.464 e. The lowest BCUT2D eigenvalue weighted by molar-refractivity contribution is -0.104. The molecule has 64 valence electrons. The summed E-state index contributed by atoms with van der Waals surface area (Å²) in [5.74, 6) is 0. The van der Waals surface area contributed by atoms with Gasteiger partial charge in [-0.15, -0.1) is 0 Å². The molecule has 0 radical (unpaired) electrons. The number of aldehydes is 1. The van der Waals surface area contributed by atoms with Crippen molar-refractivity contribution in [2.75, 3.05) is 0 Å². The number of hydrogen-bond acceptors (Lipinski definition) is 2. The van der Waals surface area contributed by atoms with Gasteiger partial charge in [0, 0.05) is 10.9 Å². The van der Waals surface area contributed by atoms with E-state index in [1.165, 1.54) is 6.08 Å². The third-order valence-electron chi connectivity index (χ3n) is 1.86. The zero-order valence-corrected chi connectivity index (χ0v) is 6.94. The maximum Gasteiger partial charge on any atom is 0.142 e. The zero-order valence-electron chi connectivity index (χ0n) is 6.94. The van der Waals surface area contributed by atoms with Gasteiger partial charge in [0.25, 0.3) is 0 Å². The summed E-state index contributed by atoms with van der Waals surface area (Å²) in [7, 11) is 0. The minimum atomic E-state index is 0.752. The van der Waals surface area contributed by atoms with Crippen LogP contribution < -0.4 is 0 Å². The fourth-order valence-corrected chi connectivity index (χ4v) is 1.29. The second-order valence-corrected chi connectivity index (χ2v) is 2.68. The maximum atomic E-state index is 10.1. The van der Waals surface area contributed by atoms with Crippen molar-refractivity contribution in [1.29, 1.82) is 0 Å². The van der Waals surface area contributed by atoms with E-state index < -0.39 is 0 Å². The van der Waals surface area contributed by atoms with Crippen molar-refractivity contribution < 1.29 is 9.21 Å². The van der Waals surface area contributed by atoms with Crippen LogP contribution in [0.5, 0.6) is 0 Å². The number of para-hydroxylation sites is 1. The first-order chi connectivity index (χ1) is 6.42. The molecule has 0 aliphatic heterocycles. The third-order valence-corrected chi connectivity index (χ3v) is 1.86. The first-order valence-corrected chi connectivity index (χ1v) is 4.00. The van der Waals surface area contributed by atoms with E-state index >= 15 is 0 Å². The van der Waals surface area contributed by atoms with Crippen LogP contribution in [-0.2, 0) is 4.79 Å². The Labute approximate surface area is 75.5 Å². The van der Waals surface area contributed by atoms with Gasteiger partial charge in [-0.1, -0.05) is 18.2 Å². The van der Waals surface area contributed by atoms with Crippen molar-refractivity contribution in [3.63, 3.8) is 0 Å². The fourth-order valence-electron chi connectivity index (χ4n) is 1.29. The number of benzene rings is 1. The summed E-state index contributed by atoms with van der Waals surface area (Å²) in [6, 6.07) is 7.71. The average Bonchev–Trinajstić information content (AvgIpc) is 2.62. The Hall–Kier alpha value is -1.83. The Bertz CT molecular complexity index is 452. The van der Waals surface area contributed by atoms with E-state index in [1.54, 1.807) is 12.3 Å². The molecule has 0 unspecified atom stereocenters. The van der Waals surface area contributed by atoms with Crippen LogP contribution in [0.2, 0.25) is 0 Å².